The smallest absolute Gasteiger partial charge is 0.324 e. The molecule has 0 bridgehead atoms. The quantitative estimate of drug-likeness (QED) is 0.134. The van der Waals surface area contributed by atoms with E-state index in [1.807, 2.05) is 24.3 Å². The molecule has 0 atom stereocenters. The van der Waals surface area contributed by atoms with Crippen LogP contribution < -0.4 is 16.0 Å². The number of hydrogen-bond acceptors (Lipinski definition) is 4. The molecular formula is C15H21ClIN5O2S. The average molecular weight is 498 g/mol. The summed E-state index contributed by atoms with van der Waals surface area (Å²) in [4.78, 5) is 29.3. The number of nitrogens with zero attached hydrogens (tertiary/aromatic N) is 2. The van der Waals surface area contributed by atoms with E-state index in [1.165, 1.54) is 4.90 Å². The number of thioether (sulfide) groups is 1. The van der Waals surface area contributed by atoms with Gasteiger partial charge in [0.1, 0.15) is 0 Å². The Kier molecular flexibility index (Phi) is 9.98. The minimum Gasteiger partial charge on any atom is -0.356 e. The van der Waals surface area contributed by atoms with Gasteiger partial charge in [0.15, 0.2) is 5.96 Å². The van der Waals surface area contributed by atoms with Crippen LogP contribution in [0.2, 0.25) is 5.02 Å². The molecule has 0 aromatic heterocycles. The van der Waals surface area contributed by atoms with Crippen LogP contribution in [-0.4, -0.2) is 61.8 Å². The minimum absolute atomic E-state index is 0. The number of urea groups is 1. The highest BCUT2D eigenvalue weighted by molar-refractivity contribution is 14.0. The summed E-state index contributed by atoms with van der Waals surface area (Å²) in [5, 5.41) is 9.48. The van der Waals surface area contributed by atoms with Crippen molar-refractivity contribution in [3.63, 3.8) is 0 Å². The van der Waals surface area contributed by atoms with Gasteiger partial charge < -0.3 is 16.0 Å². The Balaban J connectivity index is 0.00000312. The standard InChI is InChI=1S/C15H20ClN5O2S.HI/c1-17-14(18-6-8-21-13(22)10-20-15(21)23)19-7-9-24-12-4-2-11(16)3-5-12;/h2-5H,6-10H2,1H3,(H,20,23)(H2,17,18,19);1H. The van der Waals surface area contributed by atoms with Crippen molar-refractivity contribution in [1.29, 1.82) is 0 Å². The molecule has 1 aliphatic rings. The molecule has 3 N–H and O–H groups in total. The Morgan fingerprint density at radius 2 is 1.96 bits per heavy atom. The third kappa shape index (κ3) is 7.28. The number of carbonyl (C=O) groups is 2. The van der Waals surface area contributed by atoms with E-state index in [9.17, 15) is 9.59 Å². The minimum atomic E-state index is -0.343. The molecule has 0 unspecified atom stereocenters. The highest BCUT2D eigenvalue weighted by atomic mass is 127. The SMILES string of the molecule is CN=C(NCCSc1ccc(Cl)cc1)NCCN1C(=O)CNC1=O.I. The molecule has 0 aliphatic carbocycles. The molecule has 0 radical (unpaired) electrons. The second-order valence-corrected chi connectivity index (χ2v) is 6.54. The molecule has 1 fully saturated rings. The van der Waals surface area contributed by atoms with E-state index in [0.717, 1.165) is 22.2 Å². The number of amides is 3. The monoisotopic (exact) mass is 497 g/mol. The summed E-state index contributed by atoms with van der Waals surface area (Å²) in [5.41, 5.74) is 0. The van der Waals surface area contributed by atoms with Gasteiger partial charge in [-0.05, 0) is 24.3 Å². The third-order valence-corrected chi connectivity index (χ3v) is 4.53. The molecule has 25 heavy (non-hydrogen) atoms. The van der Waals surface area contributed by atoms with E-state index < -0.39 is 0 Å². The molecule has 1 saturated heterocycles. The summed E-state index contributed by atoms with van der Waals surface area (Å²) >= 11 is 7.57. The molecule has 1 aromatic carbocycles. The van der Waals surface area contributed by atoms with Gasteiger partial charge in [-0.25, -0.2) is 4.79 Å². The Bertz CT molecular complexity index is 598. The van der Waals surface area contributed by atoms with Crippen LogP contribution in [0, 0.1) is 0 Å². The van der Waals surface area contributed by atoms with E-state index in [1.54, 1.807) is 18.8 Å². The van der Waals surface area contributed by atoms with Gasteiger partial charge in [-0.15, -0.1) is 35.7 Å². The maximum Gasteiger partial charge on any atom is 0.324 e. The number of imide groups is 1. The third-order valence-electron chi connectivity index (χ3n) is 3.27. The highest BCUT2D eigenvalue weighted by Crippen LogP contribution is 2.19. The number of guanidine groups is 1. The fourth-order valence-corrected chi connectivity index (χ4v) is 2.95. The first-order valence-electron chi connectivity index (χ1n) is 7.51. The van der Waals surface area contributed by atoms with Gasteiger partial charge in [0.25, 0.3) is 0 Å². The molecule has 138 valence electrons. The lowest BCUT2D eigenvalue weighted by Gasteiger charge is -2.15. The van der Waals surface area contributed by atoms with Crippen molar-refractivity contribution >= 4 is 65.2 Å². The Morgan fingerprint density at radius 3 is 2.56 bits per heavy atom. The number of nitrogens with one attached hydrogen (secondary N) is 3. The maximum absolute atomic E-state index is 11.5. The first-order valence-corrected chi connectivity index (χ1v) is 8.87. The van der Waals surface area contributed by atoms with Crippen molar-refractivity contribution in [3.05, 3.63) is 29.3 Å². The number of halogens is 2. The lowest BCUT2D eigenvalue weighted by atomic mass is 10.4. The predicted octanol–water partition coefficient (Wildman–Crippen LogP) is 1.77. The second-order valence-electron chi connectivity index (χ2n) is 4.93. The fourth-order valence-electron chi connectivity index (χ4n) is 2.06. The van der Waals surface area contributed by atoms with E-state index in [2.05, 4.69) is 20.9 Å². The van der Waals surface area contributed by atoms with Crippen LogP contribution in [0.1, 0.15) is 0 Å². The first kappa shape index (κ1) is 21.8. The van der Waals surface area contributed by atoms with Gasteiger partial charge >= 0.3 is 6.03 Å². The normalized spacial score (nSPS) is 14.2. The van der Waals surface area contributed by atoms with Crippen LogP contribution in [0.3, 0.4) is 0 Å². The van der Waals surface area contributed by atoms with E-state index in [-0.39, 0.29) is 42.5 Å². The zero-order chi connectivity index (χ0) is 17.4. The Labute approximate surface area is 173 Å². The molecule has 2 rings (SSSR count). The van der Waals surface area contributed by atoms with Gasteiger partial charge in [0, 0.05) is 42.4 Å². The first-order chi connectivity index (χ1) is 11.6. The van der Waals surface area contributed by atoms with E-state index in [4.69, 9.17) is 11.6 Å². The van der Waals surface area contributed by atoms with Crippen molar-refractivity contribution in [3.8, 4) is 0 Å². The zero-order valence-electron chi connectivity index (χ0n) is 13.8. The lowest BCUT2D eigenvalue weighted by molar-refractivity contribution is -0.124. The van der Waals surface area contributed by atoms with Crippen molar-refractivity contribution in [2.75, 3.05) is 39.0 Å². The molecule has 1 heterocycles. The van der Waals surface area contributed by atoms with Crippen LogP contribution in [0.5, 0.6) is 0 Å². The summed E-state index contributed by atoms with van der Waals surface area (Å²) in [5.74, 6) is 1.30. The summed E-state index contributed by atoms with van der Waals surface area (Å²) in [7, 11) is 1.68. The summed E-state index contributed by atoms with van der Waals surface area (Å²) in [6, 6.07) is 7.36. The van der Waals surface area contributed by atoms with Crippen molar-refractivity contribution < 1.29 is 9.59 Å². The van der Waals surface area contributed by atoms with Gasteiger partial charge in [-0.3, -0.25) is 14.7 Å². The molecule has 7 nitrogen and oxygen atoms in total. The zero-order valence-corrected chi connectivity index (χ0v) is 17.7. The van der Waals surface area contributed by atoms with E-state index in [0.29, 0.717) is 19.0 Å². The van der Waals surface area contributed by atoms with Crippen LogP contribution >= 0.6 is 47.3 Å². The number of hydrogen-bond donors (Lipinski definition) is 3. The molecule has 10 heteroatoms. The van der Waals surface area contributed by atoms with Gasteiger partial charge in [0.2, 0.25) is 5.91 Å². The van der Waals surface area contributed by atoms with Crippen molar-refractivity contribution in [1.82, 2.24) is 20.9 Å². The van der Waals surface area contributed by atoms with Crippen LogP contribution in [0.25, 0.3) is 0 Å². The summed E-state index contributed by atoms with van der Waals surface area (Å²) in [6.07, 6.45) is 0. The molecule has 0 spiro atoms. The average Bonchev–Trinajstić information content (AvgIpc) is 2.90. The lowest BCUT2D eigenvalue weighted by Crippen LogP contribution is -2.43. The molecule has 3 amide bonds. The topological polar surface area (TPSA) is 85.8 Å². The number of carbonyl (C=O) groups excluding carboxylic acids is 2. The van der Waals surface area contributed by atoms with Crippen molar-refractivity contribution in [2.24, 2.45) is 4.99 Å². The summed E-state index contributed by atoms with van der Waals surface area (Å²) < 4.78 is 0. The Hall–Kier alpha value is -1.20. The molecular weight excluding hydrogens is 477 g/mol. The highest BCUT2D eigenvalue weighted by Gasteiger charge is 2.27. The second kappa shape index (κ2) is 11.4. The summed E-state index contributed by atoms with van der Waals surface area (Å²) in [6.45, 7) is 1.57. The maximum atomic E-state index is 11.5. The van der Waals surface area contributed by atoms with Crippen LogP contribution in [-0.2, 0) is 4.79 Å². The largest absolute Gasteiger partial charge is 0.356 e. The molecule has 1 aromatic rings. The van der Waals surface area contributed by atoms with Gasteiger partial charge in [0.05, 0.1) is 6.54 Å². The van der Waals surface area contributed by atoms with Gasteiger partial charge in [-0.2, -0.15) is 0 Å². The fraction of sp³-hybridized carbons (Fsp3) is 0.400. The van der Waals surface area contributed by atoms with Gasteiger partial charge in [-0.1, -0.05) is 11.6 Å². The van der Waals surface area contributed by atoms with Crippen LogP contribution in [0.15, 0.2) is 34.2 Å². The number of benzene rings is 1. The number of aliphatic imine (C=N–C) groups is 1. The van der Waals surface area contributed by atoms with Crippen molar-refractivity contribution in [2.45, 2.75) is 4.90 Å². The molecule has 0 saturated carbocycles. The molecule has 1 aliphatic heterocycles. The van der Waals surface area contributed by atoms with Crippen LogP contribution in [0.4, 0.5) is 4.79 Å². The number of rotatable bonds is 7. The Morgan fingerprint density at radius 1 is 1.28 bits per heavy atom. The van der Waals surface area contributed by atoms with E-state index >= 15 is 0 Å². The predicted molar refractivity (Wildman–Crippen MR) is 112 cm³/mol.